The highest BCUT2D eigenvalue weighted by Crippen LogP contribution is 2.32. The SMILES string of the molecule is COCCCOc1cc(CCC(=O)NC(=N)NCCO)ccc1-c1cccc(CN2CCN(C)C2=O)c1. The predicted octanol–water partition coefficient (Wildman–Crippen LogP) is 2.20. The van der Waals surface area contributed by atoms with Crippen LogP contribution >= 0.6 is 0 Å². The summed E-state index contributed by atoms with van der Waals surface area (Å²) in [7, 11) is 3.47. The van der Waals surface area contributed by atoms with Gasteiger partial charge in [0.25, 0.3) is 0 Å². The lowest BCUT2D eigenvalue weighted by Crippen LogP contribution is -2.41. The molecule has 3 rings (SSSR count). The summed E-state index contributed by atoms with van der Waals surface area (Å²) in [4.78, 5) is 28.1. The Bertz CT molecular complexity index is 1080. The van der Waals surface area contributed by atoms with Crippen molar-refractivity contribution in [1.82, 2.24) is 20.4 Å². The number of aryl methyl sites for hydroxylation is 1. The van der Waals surface area contributed by atoms with E-state index in [-0.39, 0.29) is 37.5 Å². The topological polar surface area (TPSA) is 127 Å². The highest BCUT2D eigenvalue weighted by atomic mass is 16.5. The minimum Gasteiger partial charge on any atom is -0.493 e. The van der Waals surface area contributed by atoms with Crippen LogP contribution in [0.4, 0.5) is 4.79 Å². The van der Waals surface area contributed by atoms with Crippen molar-refractivity contribution >= 4 is 17.9 Å². The molecule has 0 bridgehead atoms. The third kappa shape index (κ3) is 8.47. The maximum Gasteiger partial charge on any atom is 0.320 e. The van der Waals surface area contributed by atoms with Crippen molar-refractivity contribution in [3.8, 4) is 16.9 Å². The molecule has 0 aromatic heterocycles. The molecule has 1 saturated heterocycles. The molecule has 2 aromatic carbocycles. The van der Waals surface area contributed by atoms with Crippen LogP contribution in [0.15, 0.2) is 42.5 Å². The number of hydrogen-bond donors (Lipinski definition) is 4. The van der Waals surface area contributed by atoms with Gasteiger partial charge in [-0.2, -0.15) is 0 Å². The lowest BCUT2D eigenvalue weighted by atomic mass is 9.99. The Kier molecular flexibility index (Phi) is 10.7. The first-order chi connectivity index (χ1) is 17.9. The van der Waals surface area contributed by atoms with Crippen molar-refractivity contribution < 1.29 is 24.2 Å². The monoisotopic (exact) mass is 511 g/mol. The van der Waals surface area contributed by atoms with Gasteiger partial charge in [-0.05, 0) is 35.2 Å². The lowest BCUT2D eigenvalue weighted by Gasteiger charge is -2.17. The zero-order valence-corrected chi connectivity index (χ0v) is 21.6. The Hall–Kier alpha value is -3.63. The van der Waals surface area contributed by atoms with E-state index in [2.05, 4.69) is 16.7 Å². The van der Waals surface area contributed by atoms with Crippen molar-refractivity contribution in [2.75, 3.05) is 53.6 Å². The summed E-state index contributed by atoms with van der Waals surface area (Å²) in [6, 6.07) is 14.1. The molecule has 0 saturated carbocycles. The fourth-order valence-electron chi connectivity index (χ4n) is 4.06. The van der Waals surface area contributed by atoms with Gasteiger partial charge in [0, 0.05) is 65.3 Å². The maximum absolute atomic E-state index is 12.3. The second kappa shape index (κ2) is 14.2. The number of carbonyl (C=O) groups excluding carboxylic acids is 2. The summed E-state index contributed by atoms with van der Waals surface area (Å²) >= 11 is 0. The largest absolute Gasteiger partial charge is 0.493 e. The molecule has 1 aliphatic rings. The number of nitrogens with one attached hydrogen (secondary N) is 3. The third-order valence-electron chi connectivity index (χ3n) is 6.03. The minimum atomic E-state index is -0.281. The van der Waals surface area contributed by atoms with Gasteiger partial charge in [-0.15, -0.1) is 0 Å². The second-order valence-corrected chi connectivity index (χ2v) is 8.92. The molecule has 1 fully saturated rings. The first-order valence-electron chi connectivity index (χ1n) is 12.5. The number of likely N-dealkylation sites (N-methyl/N-ethyl adjacent to an activating group) is 1. The van der Waals surface area contributed by atoms with E-state index in [0.29, 0.717) is 32.7 Å². The van der Waals surface area contributed by atoms with Gasteiger partial charge in [-0.25, -0.2) is 4.79 Å². The molecule has 200 valence electrons. The van der Waals surface area contributed by atoms with E-state index in [0.717, 1.165) is 41.0 Å². The van der Waals surface area contributed by atoms with Crippen LogP contribution in [0.5, 0.6) is 5.75 Å². The molecule has 0 spiro atoms. The standard InChI is InChI=1S/C27H37N5O5/c1-31-12-13-32(27(31)35)19-21-5-3-6-22(17-21)23-9-7-20(18-24(23)37-16-4-15-36-2)8-10-25(34)30-26(28)29-11-14-33/h3,5-7,9,17-18,33H,4,8,10-16,19H2,1-2H3,(H3,28,29,30,34). The Morgan fingerprint density at radius 3 is 2.70 bits per heavy atom. The van der Waals surface area contributed by atoms with Crippen molar-refractivity contribution in [2.45, 2.75) is 25.8 Å². The average molecular weight is 512 g/mol. The van der Waals surface area contributed by atoms with E-state index in [1.807, 2.05) is 48.3 Å². The molecule has 0 unspecified atom stereocenters. The van der Waals surface area contributed by atoms with Gasteiger partial charge in [-0.3, -0.25) is 15.5 Å². The van der Waals surface area contributed by atoms with Crippen molar-refractivity contribution in [3.05, 3.63) is 53.6 Å². The van der Waals surface area contributed by atoms with Crippen molar-refractivity contribution in [2.24, 2.45) is 0 Å². The molecular weight excluding hydrogens is 474 g/mol. The highest BCUT2D eigenvalue weighted by molar-refractivity contribution is 5.95. The molecule has 10 heteroatoms. The number of hydrogen-bond acceptors (Lipinski definition) is 6. The van der Waals surface area contributed by atoms with E-state index in [1.54, 1.807) is 12.0 Å². The number of urea groups is 1. The van der Waals surface area contributed by atoms with E-state index >= 15 is 0 Å². The predicted molar refractivity (Wildman–Crippen MR) is 142 cm³/mol. The number of amides is 3. The van der Waals surface area contributed by atoms with E-state index in [4.69, 9.17) is 20.0 Å². The average Bonchev–Trinajstić information content (AvgIpc) is 3.21. The highest BCUT2D eigenvalue weighted by Gasteiger charge is 2.25. The number of ether oxygens (including phenoxy) is 2. The Morgan fingerprint density at radius 1 is 1.14 bits per heavy atom. The number of aliphatic hydroxyl groups is 1. The summed E-state index contributed by atoms with van der Waals surface area (Å²) < 4.78 is 11.3. The number of aliphatic hydroxyl groups excluding tert-OH is 1. The molecule has 2 aromatic rings. The van der Waals surface area contributed by atoms with Crippen molar-refractivity contribution in [1.29, 1.82) is 5.41 Å². The summed E-state index contributed by atoms with van der Waals surface area (Å²) in [6.45, 7) is 3.18. The van der Waals surface area contributed by atoms with Gasteiger partial charge in [0.05, 0.1) is 13.2 Å². The zero-order chi connectivity index (χ0) is 26.6. The maximum atomic E-state index is 12.3. The fraction of sp³-hybridized carbons (Fsp3) is 0.444. The normalized spacial score (nSPS) is 13.1. The van der Waals surface area contributed by atoms with Crippen LogP contribution in [0.25, 0.3) is 11.1 Å². The van der Waals surface area contributed by atoms with Gasteiger partial charge in [-0.1, -0.05) is 30.3 Å². The number of nitrogens with zero attached hydrogens (tertiary/aromatic N) is 2. The summed E-state index contributed by atoms with van der Waals surface area (Å²) in [5, 5.41) is 21.6. The summed E-state index contributed by atoms with van der Waals surface area (Å²) in [5.41, 5.74) is 3.92. The summed E-state index contributed by atoms with van der Waals surface area (Å²) in [6.07, 6.45) is 1.44. The molecule has 1 aliphatic heterocycles. The molecule has 4 N–H and O–H groups in total. The van der Waals surface area contributed by atoms with Crippen LogP contribution in [0.3, 0.4) is 0 Å². The van der Waals surface area contributed by atoms with Gasteiger partial charge in [0.1, 0.15) is 5.75 Å². The van der Waals surface area contributed by atoms with Crippen LogP contribution in [0.1, 0.15) is 24.0 Å². The van der Waals surface area contributed by atoms with Gasteiger partial charge in [0.2, 0.25) is 5.91 Å². The van der Waals surface area contributed by atoms with Crippen LogP contribution in [-0.4, -0.2) is 86.4 Å². The Labute approximate surface area is 218 Å². The molecule has 3 amide bonds. The molecular formula is C27H37N5O5. The van der Waals surface area contributed by atoms with E-state index in [1.165, 1.54) is 0 Å². The summed E-state index contributed by atoms with van der Waals surface area (Å²) in [5.74, 6) is 0.316. The first kappa shape index (κ1) is 27.9. The zero-order valence-electron chi connectivity index (χ0n) is 21.6. The number of benzene rings is 2. The number of guanidine groups is 1. The fourth-order valence-corrected chi connectivity index (χ4v) is 4.06. The molecule has 0 atom stereocenters. The smallest absolute Gasteiger partial charge is 0.320 e. The number of rotatable bonds is 13. The van der Waals surface area contributed by atoms with Gasteiger partial charge < -0.3 is 29.7 Å². The van der Waals surface area contributed by atoms with Gasteiger partial charge >= 0.3 is 6.03 Å². The third-order valence-corrected chi connectivity index (χ3v) is 6.03. The van der Waals surface area contributed by atoms with Crippen LogP contribution in [-0.2, 0) is 22.5 Å². The molecule has 0 aliphatic carbocycles. The van der Waals surface area contributed by atoms with Crippen molar-refractivity contribution in [3.63, 3.8) is 0 Å². The van der Waals surface area contributed by atoms with Gasteiger partial charge in [0.15, 0.2) is 5.96 Å². The minimum absolute atomic E-state index is 0.0419. The van der Waals surface area contributed by atoms with Crippen LogP contribution < -0.4 is 15.4 Å². The Morgan fingerprint density at radius 2 is 1.97 bits per heavy atom. The molecule has 0 radical (unpaired) electrons. The van der Waals surface area contributed by atoms with Crippen LogP contribution in [0, 0.1) is 5.41 Å². The number of carbonyl (C=O) groups is 2. The number of methoxy groups -OCH3 is 1. The lowest BCUT2D eigenvalue weighted by molar-refractivity contribution is -0.119. The quantitative estimate of drug-likeness (QED) is 0.186. The van der Waals surface area contributed by atoms with Crippen LogP contribution in [0.2, 0.25) is 0 Å². The molecule has 10 nitrogen and oxygen atoms in total. The second-order valence-electron chi connectivity index (χ2n) is 8.92. The molecule has 1 heterocycles. The molecule has 37 heavy (non-hydrogen) atoms. The first-order valence-corrected chi connectivity index (χ1v) is 12.5. The Balaban J connectivity index is 1.72. The van der Waals surface area contributed by atoms with E-state index < -0.39 is 0 Å². The van der Waals surface area contributed by atoms with E-state index in [9.17, 15) is 9.59 Å².